The van der Waals surface area contributed by atoms with E-state index in [-0.39, 0.29) is 10.7 Å². The van der Waals surface area contributed by atoms with E-state index in [2.05, 4.69) is 9.97 Å². The van der Waals surface area contributed by atoms with Crippen LogP contribution in [0.3, 0.4) is 0 Å². The number of carbonyl (C=O) groups excluding carboxylic acids is 2. The van der Waals surface area contributed by atoms with Crippen LogP contribution < -0.4 is 11.3 Å². The highest BCUT2D eigenvalue weighted by atomic mass is 32.2. The van der Waals surface area contributed by atoms with Gasteiger partial charge < -0.3 is 0 Å². The zero-order chi connectivity index (χ0) is 13.0. The van der Waals surface area contributed by atoms with Crippen molar-refractivity contribution < 1.29 is 18.4 Å². The van der Waals surface area contributed by atoms with Gasteiger partial charge in [0, 0.05) is 6.20 Å². The summed E-state index contributed by atoms with van der Waals surface area (Å²) in [6.07, 6.45) is -0.658. The Morgan fingerprint density at radius 1 is 1.53 bits per heavy atom. The Balaban J connectivity index is 3.30. The molecule has 92 valence electrons. The molecule has 0 aliphatic heterocycles. The fraction of sp³-hybridized carbons (Fsp3) is 0.250. The standard InChI is InChI=1S/C8H8F2N4O2S/c1-17-8-12-2-3(7(16)14-11)4(13-8)5(15)6(9)10/h2,6H,11H2,1H3,(H,14,16). The van der Waals surface area contributed by atoms with E-state index in [9.17, 15) is 18.4 Å². The number of ketones is 1. The number of carbonyl (C=O) groups is 2. The maximum absolute atomic E-state index is 12.3. The Bertz CT molecular complexity index is 455. The molecule has 0 spiro atoms. The molecule has 0 unspecified atom stereocenters. The number of Topliss-reactive ketones (excluding diaryl/α,β-unsaturated/α-hetero) is 1. The summed E-state index contributed by atoms with van der Waals surface area (Å²) in [6, 6.07) is 0. The number of rotatable bonds is 4. The molecule has 1 aromatic rings. The minimum Gasteiger partial charge on any atom is -0.290 e. The van der Waals surface area contributed by atoms with Gasteiger partial charge in [0.05, 0.1) is 5.56 Å². The maximum atomic E-state index is 12.3. The molecule has 0 atom stereocenters. The summed E-state index contributed by atoms with van der Waals surface area (Å²) >= 11 is 1.06. The lowest BCUT2D eigenvalue weighted by atomic mass is 10.1. The molecule has 6 nitrogen and oxygen atoms in total. The first-order valence-electron chi connectivity index (χ1n) is 4.25. The third-order valence-electron chi connectivity index (χ3n) is 1.76. The van der Waals surface area contributed by atoms with Crippen molar-refractivity contribution in [1.29, 1.82) is 0 Å². The first kappa shape index (κ1) is 13.5. The maximum Gasteiger partial charge on any atom is 0.302 e. The smallest absolute Gasteiger partial charge is 0.290 e. The average molecular weight is 262 g/mol. The van der Waals surface area contributed by atoms with Gasteiger partial charge in [-0.1, -0.05) is 11.8 Å². The van der Waals surface area contributed by atoms with Crippen molar-refractivity contribution in [3.8, 4) is 0 Å². The molecular weight excluding hydrogens is 254 g/mol. The van der Waals surface area contributed by atoms with Gasteiger partial charge in [-0.2, -0.15) is 0 Å². The number of nitrogens with two attached hydrogens (primary N) is 1. The Kier molecular flexibility index (Phi) is 4.46. The minimum atomic E-state index is -3.25. The van der Waals surface area contributed by atoms with Crippen molar-refractivity contribution in [2.24, 2.45) is 5.84 Å². The zero-order valence-electron chi connectivity index (χ0n) is 8.61. The fourth-order valence-electron chi connectivity index (χ4n) is 0.999. The van der Waals surface area contributed by atoms with Gasteiger partial charge in [0.25, 0.3) is 5.91 Å². The van der Waals surface area contributed by atoms with Gasteiger partial charge in [0.1, 0.15) is 5.69 Å². The minimum absolute atomic E-state index is 0.113. The van der Waals surface area contributed by atoms with Crippen LogP contribution in [0.4, 0.5) is 8.78 Å². The van der Waals surface area contributed by atoms with Gasteiger partial charge in [-0.15, -0.1) is 0 Å². The van der Waals surface area contributed by atoms with Gasteiger partial charge in [-0.3, -0.25) is 15.0 Å². The molecule has 1 rings (SSSR count). The lowest BCUT2D eigenvalue weighted by Crippen LogP contribution is -2.32. The molecule has 0 radical (unpaired) electrons. The predicted molar refractivity (Wildman–Crippen MR) is 55.8 cm³/mol. The second-order valence-electron chi connectivity index (χ2n) is 2.76. The van der Waals surface area contributed by atoms with E-state index in [1.165, 1.54) is 0 Å². The Hall–Kier alpha value is -1.61. The SMILES string of the molecule is CSc1ncc(C(=O)NN)c(C(=O)C(F)F)n1. The summed E-state index contributed by atoms with van der Waals surface area (Å²) in [5.41, 5.74) is 0.714. The number of nitrogens with zero attached hydrogens (tertiary/aromatic N) is 2. The lowest BCUT2D eigenvalue weighted by molar-refractivity contribution is 0.0668. The number of hydrogen-bond donors (Lipinski definition) is 2. The molecule has 9 heteroatoms. The number of nitrogens with one attached hydrogen (secondary N) is 1. The first-order valence-corrected chi connectivity index (χ1v) is 5.48. The Morgan fingerprint density at radius 2 is 2.18 bits per heavy atom. The van der Waals surface area contributed by atoms with Gasteiger partial charge >= 0.3 is 6.43 Å². The highest BCUT2D eigenvalue weighted by molar-refractivity contribution is 7.98. The number of nitrogen functional groups attached to an aromatic ring is 1. The molecule has 0 aromatic carbocycles. The van der Waals surface area contributed by atoms with Crippen LogP contribution in [0.2, 0.25) is 0 Å². The van der Waals surface area contributed by atoms with Crippen molar-refractivity contribution in [3.63, 3.8) is 0 Å². The Morgan fingerprint density at radius 3 is 2.65 bits per heavy atom. The van der Waals surface area contributed by atoms with Crippen LogP contribution in [0.5, 0.6) is 0 Å². The highest BCUT2D eigenvalue weighted by Crippen LogP contribution is 2.15. The molecule has 0 saturated carbocycles. The molecule has 1 amide bonds. The van der Waals surface area contributed by atoms with E-state index >= 15 is 0 Å². The molecule has 0 aliphatic carbocycles. The molecule has 17 heavy (non-hydrogen) atoms. The van der Waals surface area contributed by atoms with E-state index in [1.54, 1.807) is 11.7 Å². The van der Waals surface area contributed by atoms with Crippen molar-refractivity contribution in [2.45, 2.75) is 11.6 Å². The lowest BCUT2D eigenvalue weighted by Gasteiger charge is -2.06. The zero-order valence-corrected chi connectivity index (χ0v) is 9.42. The largest absolute Gasteiger partial charge is 0.302 e. The van der Waals surface area contributed by atoms with Gasteiger partial charge in [-0.25, -0.2) is 24.6 Å². The monoisotopic (exact) mass is 262 g/mol. The average Bonchev–Trinajstić information content (AvgIpc) is 2.35. The number of halogens is 2. The van der Waals surface area contributed by atoms with Crippen molar-refractivity contribution in [3.05, 3.63) is 17.5 Å². The fourth-order valence-corrected chi connectivity index (χ4v) is 1.34. The quantitative estimate of drug-likeness (QED) is 0.201. The molecule has 0 saturated heterocycles. The van der Waals surface area contributed by atoms with Gasteiger partial charge in [0.15, 0.2) is 5.16 Å². The van der Waals surface area contributed by atoms with Crippen LogP contribution in [-0.2, 0) is 0 Å². The van der Waals surface area contributed by atoms with Crippen LogP contribution in [-0.4, -0.2) is 34.3 Å². The van der Waals surface area contributed by atoms with Crippen LogP contribution in [0, 0.1) is 0 Å². The van der Waals surface area contributed by atoms with E-state index in [0.717, 1.165) is 18.0 Å². The number of hydrogen-bond acceptors (Lipinski definition) is 6. The van der Waals surface area contributed by atoms with Crippen molar-refractivity contribution >= 4 is 23.5 Å². The summed E-state index contributed by atoms with van der Waals surface area (Å²) in [5.74, 6) is 2.42. The third-order valence-corrected chi connectivity index (χ3v) is 2.32. The van der Waals surface area contributed by atoms with Crippen LogP contribution in [0.1, 0.15) is 20.8 Å². The number of thioether (sulfide) groups is 1. The van der Waals surface area contributed by atoms with Crippen LogP contribution >= 0.6 is 11.8 Å². The first-order chi connectivity index (χ1) is 8.01. The molecule has 0 fully saturated rings. The number of amides is 1. The molecule has 1 aromatic heterocycles. The van der Waals surface area contributed by atoms with Gasteiger partial charge in [-0.05, 0) is 6.26 Å². The summed E-state index contributed by atoms with van der Waals surface area (Å²) < 4.78 is 24.6. The molecule has 3 N–H and O–H groups in total. The number of hydrazine groups is 1. The second-order valence-corrected chi connectivity index (χ2v) is 3.53. The molecule has 0 aliphatic rings. The molecule has 0 bridgehead atoms. The summed E-state index contributed by atoms with van der Waals surface area (Å²) in [5, 5.41) is 0.113. The van der Waals surface area contributed by atoms with Crippen LogP contribution in [0.25, 0.3) is 0 Å². The normalized spacial score (nSPS) is 10.4. The van der Waals surface area contributed by atoms with E-state index in [4.69, 9.17) is 5.84 Å². The van der Waals surface area contributed by atoms with Gasteiger partial charge in [0.2, 0.25) is 5.78 Å². The van der Waals surface area contributed by atoms with E-state index in [0.29, 0.717) is 0 Å². The third kappa shape index (κ3) is 2.94. The molecular formula is C8H8F2N4O2S. The number of aromatic nitrogens is 2. The predicted octanol–water partition coefficient (Wildman–Crippen LogP) is 0.250. The molecule has 1 heterocycles. The Labute approximate surface area is 99.0 Å². The van der Waals surface area contributed by atoms with Crippen LogP contribution in [0.15, 0.2) is 11.4 Å². The topological polar surface area (TPSA) is 98.0 Å². The summed E-state index contributed by atoms with van der Waals surface area (Å²) in [4.78, 5) is 29.7. The summed E-state index contributed by atoms with van der Waals surface area (Å²) in [6.45, 7) is 0. The number of alkyl halides is 2. The van der Waals surface area contributed by atoms with E-state index in [1.807, 2.05) is 0 Å². The highest BCUT2D eigenvalue weighted by Gasteiger charge is 2.26. The van der Waals surface area contributed by atoms with E-state index < -0.39 is 23.8 Å². The summed E-state index contributed by atoms with van der Waals surface area (Å²) in [7, 11) is 0. The van der Waals surface area contributed by atoms with Crippen molar-refractivity contribution in [2.75, 3.05) is 6.26 Å². The van der Waals surface area contributed by atoms with Crippen molar-refractivity contribution in [1.82, 2.24) is 15.4 Å². The second kappa shape index (κ2) is 5.64.